The molecule has 12 aromatic rings. The van der Waals surface area contributed by atoms with Crippen LogP contribution in [0.4, 0.5) is 0 Å². The summed E-state index contributed by atoms with van der Waals surface area (Å²) in [5.41, 5.74) is 1.24. The van der Waals surface area contributed by atoms with Gasteiger partial charge in [-0.3, -0.25) is 24.0 Å². The van der Waals surface area contributed by atoms with Gasteiger partial charge in [0.1, 0.15) is 112 Å². The minimum Gasteiger partial charge on any atom is -0.464 e. The van der Waals surface area contributed by atoms with Crippen LogP contribution in [0.1, 0.15) is 92.9 Å². The Hall–Kier alpha value is -9.83. The average Bonchev–Trinajstić information content (AvgIpc) is 0.712. The molecule has 0 N–H and O–H groups in total. The van der Waals surface area contributed by atoms with Gasteiger partial charge in [0.15, 0.2) is 58.7 Å². The Kier molecular flexibility index (Phi) is 34.4. The van der Waals surface area contributed by atoms with Gasteiger partial charge in [0.25, 0.3) is 0 Å². The zero-order chi connectivity index (χ0) is 93.1. The van der Waals surface area contributed by atoms with Gasteiger partial charge >= 0.3 is 47.8 Å². The number of hydrogen-bond donors (Lipinski definition) is 0. The second-order valence-corrected chi connectivity index (χ2v) is 50.8. The Morgan fingerprint density at radius 2 is 0.623 bits per heavy atom. The molecule has 15 rings (SSSR count). The van der Waals surface area contributed by atoms with Crippen LogP contribution in [0.25, 0.3) is 0 Å². The molecule has 3 aliphatic rings. The molecule has 3 aliphatic heterocycles. The Bertz CT molecular complexity index is 6030. The maximum Gasteiger partial charge on any atom is 0.338 e. The molecule has 670 valence electrons. The van der Waals surface area contributed by atoms with Gasteiger partial charge in [0.2, 0.25) is 9.84 Å². The van der Waals surface area contributed by atoms with E-state index in [1.54, 1.807) is 134 Å². The molecule has 19 nitrogen and oxygen atoms in total. The number of esters is 8. The Labute approximate surface area is 807 Å². The number of carbonyl (C=O) groups is 8. The normalized spacial score (nSPS) is 14.0. The summed E-state index contributed by atoms with van der Waals surface area (Å²) in [5, 5.41) is 0. The van der Waals surface area contributed by atoms with E-state index in [2.05, 4.69) is 137 Å². The SMILES string of the molecule is CC(C)(Br)C(=O)OCCC(=O)Oc1cccc([S+](c2ccccc2)c2ccccc2)c1.CC(C)(Br)C(=O)OCCOC(=O)c1ccc([S+]2c3ccccc3S(=O)(=O)c3ccccc32)cc1.CC(C)(Br)C(=O)OCCOC(=O)c1ccc([S+]2c3ccccc3S(=O)c3ccccc32)cc1.CC(C)(Br)C(=O)OCCOC(=O)c1ccc([S+]2c3ccccc3Sc3ccccc32)cc1. The predicted molar refractivity (Wildman–Crippen MR) is 517 cm³/mol. The van der Waals surface area contributed by atoms with Crippen molar-refractivity contribution in [2.45, 2.75) is 167 Å². The number of alkyl halides is 4. The zero-order valence-electron chi connectivity index (χ0n) is 71.7. The molecule has 0 fully saturated rings. The first-order valence-corrected chi connectivity index (χ1v) is 52.1. The van der Waals surface area contributed by atoms with E-state index in [4.69, 9.17) is 37.9 Å². The summed E-state index contributed by atoms with van der Waals surface area (Å²) < 4.78 is 77.8. The highest BCUT2D eigenvalue weighted by atomic mass is 79.9. The number of rotatable bonds is 26. The number of carbonyl (C=O) groups excluding carboxylic acids is 8. The van der Waals surface area contributed by atoms with Gasteiger partial charge in [-0.2, -0.15) is 0 Å². The summed E-state index contributed by atoms with van der Waals surface area (Å²) in [4.78, 5) is 114. The molecule has 30 heteroatoms. The van der Waals surface area contributed by atoms with Crippen LogP contribution in [0.3, 0.4) is 0 Å². The lowest BCUT2D eigenvalue weighted by molar-refractivity contribution is -0.148. The number of hydrogen-bond acceptors (Lipinski definition) is 20. The molecule has 0 radical (unpaired) electrons. The number of halogens is 4. The summed E-state index contributed by atoms with van der Waals surface area (Å²) in [6.07, 6.45) is -0.0118. The predicted octanol–water partition coefficient (Wildman–Crippen LogP) is 21.9. The van der Waals surface area contributed by atoms with E-state index in [1.807, 2.05) is 164 Å². The zero-order valence-corrected chi connectivity index (χ0v) is 83.7. The highest BCUT2D eigenvalue weighted by Gasteiger charge is 2.46. The first-order valence-electron chi connectivity index (χ1n) is 40.6. The van der Waals surface area contributed by atoms with Crippen LogP contribution < -0.4 is 4.74 Å². The van der Waals surface area contributed by atoms with Crippen LogP contribution in [-0.4, -0.2) is 124 Å². The average molecular weight is 2140 g/mol. The van der Waals surface area contributed by atoms with Crippen molar-refractivity contribution >= 4 is 187 Å². The Morgan fingerprint density at radius 1 is 0.331 bits per heavy atom. The second kappa shape index (κ2) is 45.1. The summed E-state index contributed by atoms with van der Waals surface area (Å²) in [5.74, 6) is -3.10. The van der Waals surface area contributed by atoms with Crippen LogP contribution in [0.2, 0.25) is 0 Å². The minimum absolute atomic E-state index is 0.00808. The Balaban J connectivity index is 0.000000157. The molecule has 0 saturated heterocycles. The van der Waals surface area contributed by atoms with Crippen molar-refractivity contribution in [1.82, 2.24) is 0 Å². The van der Waals surface area contributed by atoms with Gasteiger partial charge in [0.05, 0.1) is 64.4 Å². The largest absolute Gasteiger partial charge is 0.464 e. The van der Waals surface area contributed by atoms with Crippen molar-refractivity contribution in [3.63, 3.8) is 0 Å². The van der Waals surface area contributed by atoms with E-state index in [0.717, 1.165) is 49.0 Å². The third kappa shape index (κ3) is 25.7. The van der Waals surface area contributed by atoms with Gasteiger partial charge in [0, 0.05) is 6.07 Å². The molecule has 0 bridgehead atoms. The fraction of sp³-hybridized carbons (Fsp3) is 0.200. The molecular weight excluding hydrogens is 2050 g/mol. The van der Waals surface area contributed by atoms with Gasteiger partial charge in [-0.05, 0) is 237 Å². The van der Waals surface area contributed by atoms with E-state index in [-0.39, 0.29) is 74.5 Å². The van der Waals surface area contributed by atoms with Crippen molar-refractivity contribution in [1.29, 1.82) is 0 Å². The molecular formula is C100H90Br4O19S7+4. The standard InChI is InChI=1S/C25H22BrO6S2.C25H22BrO5S2.C25H22BrO4S2.C25H24BrO4S/c1-25(2,26)24(28)32-16-15-31-23(27)17-11-13-18(14-12-17)33-19-7-3-5-9-21(19)34(29,30)22-10-6-4-8-20(22)33;1-25(2,26)24(28)31-16-15-30-23(27)17-11-13-18(14-12-17)32-19-7-3-5-9-21(19)33(29)22-10-6-4-8-20(22)32;1-25(2,26)24(28)30-16-15-29-23(27)17-11-13-18(14-12-17)32-21-9-5-3-7-19(21)31-20-8-4-6-10-22(20)32;1-25(2,26)24(28)29-17-16-23(27)30-19-10-9-15-22(18-19)31(20-11-5-3-6-12-20)21-13-7-4-8-14-21/h3-14H,15-16H2,1-2H3;3-14H,15-16H2,1-2H3;3-14H,15-16H2,1-2H3;3-15,18H,16-17H2,1-2H3/q4*+1. The van der Waals surface area contributed by atoms with E-state index in [0.29, 0.717) is 32.2 Å². The Morgan fingerprint density at radius 3 is 0.992 bits per heavy atom. The number of benzene rings is 12. The molecule has 12 aromatic carbocycles. The first kappa shape index (κ1) is 99.2. The summed E-state index contributed by atoms with van der Waals surface area (Å²) in [7, 11) is -6.44. The van der Waals surface area contributed by atoms with Gasteiger partial charge in [-0.15, -0.1) is 0 Å². The lowest BCUT2D eigenvalue weighted by Crippen LogP contribution is -2.28. The summed E-state index contributed by atoms with van der Waals surface area (Å²) in [6.45, 7) is 13.4. The van der Waals surface area contributed by atoms with Crippen LogP contribution in [0.15, 0.2) is 391 Å². The maximum absolute atomic E-state index is 13.1. The topological polar surface area (TPSA) is 262 Å². The number of sulfone groups is 1. The van der Waals surface area contributed by atoms with Crippen molar-refractivity contribution < 1.29 is 88.9 Å². The van der Waals surface area contributed by atoms with Gasteiger partial charge < -0.3 is 37.9 Å². The van der Waals surface area contributed by atoms with Gasteiger partial charge in [-0.1, -0.05) is 191 Å². The van der Waals surface area contributed by atoms with E-state index in [9.17, 15) is 51.0 Å². The lowest BCUT2D eigenvalue weighted by atomic mass is 10.2. The summed E-state index contributed by atoms with van der Waals surface area (Å²) >= 11 is 14.7. The number of fused-ring (bicyclic) bond motifs is 6. The lowest BCUT2D eigenvalue weighted by Gasteiger charge is -2.19. The van der Waals surface area contributed by atoms with Crippen LogP contribution in [0, 0.1) is 0 Å². The van der Waals surface area contributed by atoms with Gasteiger partial charge in [-0.25, -0.2) is 27.0 Å². The minimum atomic E-state index is -3.60. The molecule has 3 heterocycles. The highest BCUT2D eigenvalue weighted by molar-refractivity contribution is 9.10. The van der Waals surface area contributed by atoms with E-state index < -0.39 is 107 Å². The number of ether oxygens (including phenoxy) is 8. The molecule has 0 atom stereocenters. The smallest absolute Gasteiger partial charge is 0.338 e. The molecule has 130 heavy (non-hydrogen) atoms. The first-order chi connectivity index (χ1) is 62.1. The molecule has 0 amide bonds. The van der Waals surface area contributed by atoms with Crippen LogP contribution in [0.5, 0.6) is 5.75 Å². The van der Waals surface area contributed by atoms with Crippen molar-refractivity contribution in [2.24, 2.45) is 0 Å². The van der Waals surface area contributed by atoms with Crippen LogP contribution >= 0.6 is 75.5 Å². The summed E-state index contributed by atoms with van der Waals surface area (Å²) in [6, 6.07) is 96.5. The van der Waals surface area contributed by atoms with Crippen molar-refractivity contribution in [2.75, 3.05) is 46.2 Å². The highest BCUT2D eigenvalue weighted by Crippen LogP contribution is 2.50. The second-order valence-electron chi connectivity index (χ2n) is 30.5. The van der Waals surface area contributed by atoms with E-state index in [1.165, 1.54) is 29.4 Å². The molecule has 0 aliphatic carbocycles. The van der Waals surface area contributed by atoms with Crippen LogP contribution in [-0.2, 0) is 121 Å². The van der Waals surface area contributed by atoms with E-state index >= 15 is 0 Å². The molecule has 0 saturated carbocycles. The molecule has 0 spiro atoms. The van der Waals surface area contributed by atoms with Crippen molar-refractivity contribution in [3.8, 4) is 5.75 Å². The fourth-order valence-corrected chi connectivity index (χ4v) is 27.9. The third-order valence-corrected chi connectivity index (χ3v) is 34.8. The van der Waals surface area contributed by atoms with Crippen molar-refractivity contribution in [3.05, 3.63) is 320 Å². The molecule has 0 unspecified atom stereocenters. The maximum atomic E-state index is 13.1. The third-order valence-electron chi connectivity index (χ3n) is 19.0. The quantitative estimate of drug-likeness (QED) is 0.0122. The molecule has 0 aromatic heterocycles. The monoisotopic (exact) mass is 2130 g/mol. The fourth-order valence-electron chi connectivity index (χ4n) is 12.6.